The van der Waals surface area contributed by atoms with Crippen LogP contribution in [0.4, 0.5) is 0 Å². The minimum absolute atomic E-state index is 0.0447. The highest BCUT2D eigenvalue weighted by Crippen LogP contribution is 2.32. The number of hydrogen-bond acceptors (Lipinski definition) is 4. The van der Waals surface area contributed by atoms with Crippen LogP contribution in [0, 0.1) is 0 Å². The fourth-order valence-electron chi connectivity index (χ4n) is 2.54. The number of halogens is 1. The van der Waals surface area contributed by atoms with Gasteiger partial charge in [0.05, 0.1) is 11.6 Å². The highest BCUT2D eigenvalue weighted by atomic mass is 35.5. The molecule has 0 bridgehead atoms. The van der Waals surface area contributed by atoms with Crippen LogP contribution in [-0.4, -0.2) is 17.5 Å². The van der Waals surface area contributed by atoms with Crippen LogP contribution in [-0.2, 0) is 24.2 Å². The van der Waals surface area contributed by atoms with Gasteiger partial charge in [0, 0.05) is 41.5 Å². The molecule has 1 amide bonds. The average Bonchev–Trinajstić information content (AvgIpc) is 3.15. The van der Waals surface area contributed by atoms with Crippen LogP contribution in [0.5, 0.6) is 5.75 Å². The van der Waals surface area contributed by atoms with E-state index < -0.39 is 0 Å². The molecule has 2 heterocycles. The number of ether oxygens (including phenoxy) is 1. The molecule has 3 rings (SSSR count). The molecule has 22 heavy (non-hydrogen) atoms. The van der Waals surface area contributed by atoms with Crippen LogP contribution in [0.25, 0.3) is 0 Å². The second-order valence-corrected chi connectivity index (χ2v) is 6.62. The molecule has 6 heteroatoms. The predicted octanol–water partition coefficient (Wildman–Crippen LogP) is 3.37. The van der Waals surface area contributed by atoms with E-state index in [0.29, 0.717) is 24.6 Å². The third-order valence-corrected chi connectivity index (χ3v) is 4.64. The van der Waals surface area contributed by atoms with E-state index in [-0.39, 0.29) is 5.91 Å². The first kappa shape index (κ1) is 15.3. The minimum atomic E-state index is 0.0447. The van der Waals surface area contributed by atoms with Gasteiger partial charge < -0.3 is 10.1 Å². The van der Waals surface area contributed by atoms with Crippen molar-refractivity contribution in [1.29, 1.82) is 0 Å². The molecule has 2 aromatic rings. The molecule has 1 N–H and O–H groups in total. The maximum atomic E-state index is 11.9. The van der Waals surface area contributed by atoms with Gasteiger partial charge in [-0.1, -0.05) is 11.6 Å². The molecule has 0 spiro atoms. The molecule has 0 radical (unpaired) electrons. The summed E-state index contributed by atoms with van der Waals surface area (Å²) in [6.07, 6.45) is 4.83. The van der Waals surface area contributed by atoms with Crippen molar-refractivity contribution in [2.75, 3.05) is 6.61 Å². The summed E-state index contributed by atoms with van der Waals surface area (Å²) in [5.41, 5.74) is 2.08. The molecular formula is C16H17ClN2O2S. The fraction of sp³-hybridized carbons (Fsp3) is 0.375. The zero-order valence-corrected chi connectivity index (χ0v) is 13.7. The van der Waals surface area contributed by atoms with Gasteiger partial charge in [-0.25, -0.2) is 4.98 Å². The summed E-state index contributed by atoms with van der Waals surface area (Å²) < 4.78 is 5.63. The highest BCUT2D eigenvalue weighted by molar-refractivity contribution is 7.09. The Labute approximate surface area is 138 Å². The molecule has 1 aliphatic heterocycles. The third kappa shape index (κ3) is 3.78. The molecule has 1 aromatic carbocycles. The lowest BCUT2D eigenvalue weighted by Crippen LogP contribution is -2.22. The largest absolute Gasteiger partial charge is 0.493 e. The summed E-state index contributed by atoms with van der Waals surface area (Å²) in [4.78, 5) is 16.1. The Bertz CT molecular complexity index is 658. The Kier molecular flexibility index (Phi) is 4.95. The normalized spacial score (nSPS) is 12.8. The standard InChI is InChI=1S/C16H17ClN2O2S/c17-13-8-11-4-6-21-16(11)12(9-13)10-19-14(20)2-1-3-15-18-5-7-22-15/h5,7-9H,1-4,6,10H2,(H,19,20). The molecule has 0 aliphatic carbocycles. The van der Waals surface area contributed by atoms with Gasteiger partial charge in [0.15, 0.2) is 0 Å². The van der Waals surface area contributed by atoms with Gasteiger partial charge in [0.2, 0.25) is 5.91 Å². The maximum absolute atomic E-state index is 11.9. The van der Waals surface area contributed by atoms with Crippen LogP contribution in [0.3, 0.4) is 0 Å². The molecule has 1 aromatic heterocycles. The number of nitrogens with one attached hydrogen (secondary N) is 1. The summed E-state index contributed by atoms with van der Waals surface area (Å²) in [6.45, 7) is 1.14. The molecular weight excluding hydrogens is 320 g/mol. The first-order valence-corrected chi connectivity index (χ1v) is 8.57. The van der Waals surface area contributed by atoms with Crippen molar-refractivity contribution in [3.8, 4) is 5.75 Å². The second-order valence-electron chi connectivity index (χ2n) is 5.21. The van der Waals surface area contributed by atoms with E-state index in [4.69, 9.17) is 16.3 Å². The van der Waals surface area contributed by atoms with Crippen LogP contribution in [0.2, 0.25) is 5.02 Å². The Morgan fingerprint density at radius 2 is 2.36 bits per heavy atom. The van der Waals surface area contributed by atoms with Crippen molar-refractivity contribution >= 4 is 28.8 Å². The maximum Gasteiger partial charge on any atom is 0.220 e. The van der Waals surface area contributed by atoms with Gasteiger partial charge >= 0.3 is 0 Å². The number of benzene rings is 1. The Morgan fingerprint density at radius 3 is 3.18 bits per heavy atom. The predicted molar refractivity (Wildman–Crippen MR) is 87.5 cm³/mol. The highest BCUT2D eigenvalue weighted by Gasteiger charge is 2.17. The van der Waals surface area contributed by atoms with Gasteiger partial charge in [0.1, 0.15) is 5.75 Å². The second kappa shape index (κ2) is 7.11. The van der Waals surface area contributed by atoms with Crippen molar-refractivity contribution in [3.63, 3.8) is 0 Å². The quantitative estimate of drug-likeness (QED) is 0.880. The van der Waals surface area contributed by atoms with Crippen molar-refractivity contribution in [2.24, 2.45) is 0 Å². The monoisotopic (exact) mass is 336 g/mol. The summed E-state index contributed by atoms with van der Waals surface area (Å²) in [6, 6.07) is 3.80. The Balaban J connectivity index is 1.49. The fourth-order valence-corrected chi connectivity index (χ4v) is 3.46. The lowest BCUT2D eigenvalue weighted by molar-refractivity contribution is -0.121. The summed E-state index contributed by atoms with van der Waals surface area (Å²) in [5.74, 6) is 0.927. The third-order valence-electron chi connectivity index (χ3n) is 3.58. The molecule has 0 fully saturated rings. The van der Waals surface area contributed by atoms with Crippen molar-refractivity contribution < 1.29 is 9.53 Å². The molecule has 0 saturated heterocycles. The first-order chi connectivity index (χ1) is 10.7. The number of nitrogens with zero attached hydrogens (tertiary/aromatic N) is 1. The zero-order valence-electron chi connectivity index (χ0n) is 12.1. The van der Waals surface area contributed by atoms with Crippen molar-refractivity contribution in [3.05, 3.63) is 44.9 Å². The van der Waals surface area contributed by atoms with Gasteiger partial charge in [-0.05, 0) is 30.5 Å². The van der Waals surface area contributed by atoms with Gasteiger partial charge in [-0.2, -0.15) is 0 Å². The topological polar surface area (TPSA) is 51.2 Å². The Morgan fingerprint density at radius 1 is 1.45 bits per heavy atom. The van der Waals surface area contributed by atoms with E-state index in [2.05, 4.69) is 10.3 Å². The minimum Gasteiger partial charge on any atom is -0.493 e. The molecule has 0 saturated carbocycles. The van der Waals surface area contributed by atoms with Gasteiger partial charge in [-0.15, -0.1) is 11.3 Å². The number of carbonyl (C=O) groups is 1. The molecule has 4 nitrogen and oxygen atoms in total. The molecule has 0 atom stereocenters. The van der Waals surface area contributed by atoms with E-state index >= 15 is 0 Å². The van der Waals surface area contributed by atoms with Crippen LogP contribution < -0.4 is 10.1 Å². The number of thiazole rings is 1. The smallest absolute Gasteiger partial charge is 0.220 e. The summed E-state index contributed by atoms with van der Waals surface area (Å²) >= 11 is 7.74. The summed E-state index contributed by atoms with van der Waals surface area (Å²) in [5, 5.41) is 6.66. The zero-order chi connectivity index (χ0) is 15.4. The number of amides is 1. The van der Waals surface area contributed by atoms with Gasteiger partial charge in [-0.3, -0.25) is 4.79 Å². The SMILES string of the molecule is O=C(CCCc1nccs1)NCc1cc(Cl)cc2c1OCC2. The number of aryl methyl sites for hydroxylation is 1. The molecule has 116 valence electrons. The number of rotatable bonds is 6. The van der Waals surface area contributed by atoms with E-state index in [0.717, 1.165) is 41.1 Å². The van der Waals surface area contributed by atoms with E-state index in [1.54, 1.807) is 17.5 Å². The number of aromatic nitrogens is 1. The van der Waals surface area contributed by atoms with E-state index in [9.17, 15) is 4.79 Å². The number of carbonyl (C=O) groups excluding carboxylic acids is 1. The Hall–Kier alpha value is -1.59. The van der Waals surface area contributed by atoms with E-state index in [1.165, 1.54) is 0 Å². The number of fused-ring (bicyclic) bond motifs is 1. The lowest BCUT2D eigenvalue weighted by Gasteiger charge is -2.10. The average molecular weight is 337 g/mol. The van der Waals surface area contributed by atoms with Crippen LogP contribution in [0.15, 0.2) is 23.7 Å². The first-order valence-electron chi connectivity index (χ1n) is 7.31. The number of hydrogen-bond donors (Lipinski definition) is 1. The lowest BCUT2D eigenvalue weighted by atomic mass is 10.1. The molecule has 0 unspecified atom stereocenters. The van der Waals surface area contributed by atoms with Gasteiger partial charge in [0.25, 0.3) is 0 Å². The molecule has 1 aliphatic rings. The van der Waals surface area contributed by atoms with Crippen molar-refractivity contribution in [2.45, 2.75) is 32.2 Å². The van der Waals surface area contributed by atoms with Crippen LogP contribution in [0.1, 0.15) is 29.0 Å². The summed E-state index contributed by atoms with van der Waals surface area (Å²) in [7, 11) is 0. The van der Waals surface area contributed by atoms with Crippen molar-refractivity contribution in [1.82, 2.24) is 10.3 Å². The van der Waals surface area contributed by atoms with E-state index in [1.807, 2.05) is 17.5 Å². The van der Waals surface area contributed by atoms with Crippen LogP contribution >= 0.6 is 22.9 Å².